The molecule has 1 aliphatic carbocycles. The van der Waals surface area contributed by atoms with E-state index in [1.807, 2.05) is 12.1 Å². The van der Waals surface area contributed by atoms with Crippen molar-refractivity contribution < 1.29 is 12.9 Å². The first kappa shape index (κ1) is 19.3. The lowest BCUT2D eigenvalue weighted by atomic mass is 9.91. The minimum Gasteiger partial charge on any atom is -0.332 e. The molecule has 3 rings (SSSR count). The third-order valence-electron chi connectivity index (χ3n) is 4.74. The van der Waals surface area contributed by atoms with Gasteiger partial charge < -0.3 is 4.52 Å². The van der Waals surface area contributed by atoms with Gasteiger partial charge in [0.05, 0.1) is 11.2 Å². The average Bonchev–Trinajstić information content (AvgIpc) is 3.27. The Labute approximate surface area is 159 Å². The standard InChI is InChI=1S/C19H24N4O3S/c1-5-16(21-23(3)12-13-27(4,24)25)17-20-18(22-26-17)19(10-11-19)15-9-7-6-8-14(15)2/h5-9H,1,10-13H2,2-4H3/b21-16+. The highest BCUT2D eigenvalue weighted by Gasteiger charge is 2.50. The molecule has 1 fully saturated rings. The van der Waals surface area contributed by atoms with Gasteiger partial charge in [-0.2, -0.15) is 10.1 Å². The van der Waals surface area contributed by atoms with Gasteiger partial charge in [0, 0.05) is 19.8 Å². The van der Waals surface area contributed by atoms with E-state index < -0.39 is 9.84 Å². The van der Waals surface area contributed by atoms with Crippen molar-refractivity contribution in [3.8, 4) is 0 Å². The Morgan fingerprint density at radius 2 is 2.11 bits per heavy atom. The van der Waals surface area contributed by atoms with E-state index in [1.54, 1.807) is 7.05 Å². The van der Waals surface area contributed by atoms with E-state index >= 15 is 0 Å². The second kappa shape index (κ2) is 7.26. The minimum absolute atomic E-state index is 0.0168. The molecule has 1 aliphatic rings. The van der Waals surface area contributed by atoms with Crippen LogP contribution in [0.1, 0.15) is 35.7 Å². The van der Waals surface area contributed by atoms with E-state index in [9.17, 15) is 8.42 Å². The fourth-order valence-electron chi connectivity index (χ4n) is 3.07. The lowest BCUT2D eigenvalue weighted by Gasteiger charge is -2.14. The summed E-state index contributed by atoms with van der Waals surface area (Å²) in [7, 11) is -1.36. The average molecular weight is 388 g/mol. The molecular formula is C19H24N4O3S. The molecule has 2 aromatic rings. The zero-order valence-electron chi connectivity index (χ0n) is 15.8. The molecule has 7 nitrogen and oxygen atoms in total. The van der Waals surface area contributed by atoms with E-state index in [0.717, 1.165) is 12.8 Å². The summed E-state index contributed by atoms with van der Waals surface area (Å²) in [6, 6.07) is 8.24. The molecule has 0 spiro atoms. The van der Waals surface area contributed by atoms with Gasteiger partial charge >= 0.3 is 0 Å². The van der Waals surface area contributed by atoms with Crippen LogP contribution in [0.3, 0.4) is 0 Å². The van der Waals surface area contributed by atoms with Crippen LogP contribution in [0, 0.1) is 6.92 Å². The molecule has 0 unspecified atom stereocenters. The lowest BCUT2D eigenvalue weighted by molar-refractivity contribution is 0.368. The second-order valence-corrected chi connectivity index (χ2v) is 9.28. The zero-order valence-corrected chi connectivity index (χ0v) is 16.7. The number of rotatable bonds is 8. The van der Waals surface area contributed by atoms with Crippen LogP contribution < -0.4 is 0 Å². The maximum absolute atomic E-state index is 11.3. The summed E-state index contributed by atoms with van der Waals surface area (Å²) in [5.41, 5.74) is 2.66. The molecule has 1 aromatic carbocycles. The number of benzene rings is 1. The van der Waals surface area contributed by atoms with Crippen LogP contribution in [0.4, 0.5) is 0 Å². The molecule has 1 heterocycles. The van der Waals surface area contributed by atoms with Crippen LogP contribution in [0.2, 0.25) is 0 Å². The van der Waals surface area contributed by atoms with Gasteiger partial charge in [0.1, 0.15) is 15.5 Å². The van der Waals surface area contributed by atoms with E-state index in [4.69, 9.17) is 4.52 Å². The number of hydrogen-bond acceptors (Lipinski definition) is 7. The zero-order chi connectivity index (χ0) is 19.7. The highest BCUT2D eigenvalue weighted by atomic mass is 32.2. The van der Waals surface area contributed by atoms with Crippen molar-refractivity contribution >= 4 is 15.5 Å². The fraction of sp³-hybridized carbons (Fsp3) is 0.421. The van der Waals surface area contributed by atoms with Gasteiger partial charge in [0.15, 0.2) is 5.82 Å². The molecule has 0 radical (unpaired) electrons. The summed E-state index contributed by atoms with van der Waals surface area (Å²) in [6.45, 7) is 6.11. The molecule has 8 heteroatoms. The van der Waals surface area contributed by atoms with Gasteiger partial charge in [-0.1, -0.05) is 36.0 Å². The van der Waals surface area contributed by atoms with Crippen molar-refractivity contribution in [3.05, 3.63) is 59.8 Å². The van der Waals surface area contributed by atoms with Crippen molar-refractivity contribution in [2.75, 3.05) is 25.6 Å². The molecule has 0 amide bonds. The topological polar surface area (TPSA) is 88.7 Å². The minimum atomic E-state index is -3.06. The summed E-state index contributed by atoms with van der Waals surface area (Å²) in [6.07, 6.45) is 4.68. The number of hydrogen-bond donors (Lipinski definition) is 0. The summed E-state index contributed by atoms with van der Waals surface area (Å²) >= 11 is 0. The van der Waals surface area contributed by atoms with Crippen LogP contribution in [-0.4, -0.2) is 54.9 Å². The largest absolute Gasteiger partial charge is 0.332 e. The number of hydrazone groups is 1. The van der Waals surface area contributed by atoms with Crippen LogP contribution >= 0.6 is 0 Å². The highest BCUT2D eigenvalue weighted by molar-refractivity contribution is 7.90. The summed E-state index contributed by atoms with van der Waals surface area (Å²) in [4.78, 5) is 4.57. The Hall–Kier alpha value is -2.48. The van der Waals surface area contributed by atoms with Crippen molar-refractivity contribution in [3.63, 3.8) is 0 Å². The summed E-state index contributed by atoms with van der Waals surface area (Å²) in [5, 5.41) is 10.1. The van der Waals surface area contributed by atoms with Crippen molar-refractivity contribution in [1.82, 2.24) is 15.1 Å². The highest BCUT2D eigenvalue weighted by Crippen LogP contribution is 2.53. The quantitative estimate of drug-likeness (QED) is 0.509. The lowest BCUT2D eigenvalue weighted by Crippen LogP contribution is -2.22. The molecule has 1 saturated carbocycles. The van der Waals surface area contributed by atoms with Crippen LogP contribution in [-0.2, 0) is 15.3 Å². The van der Waals surface area contributed by atoms with Crippen molar-refractivity contribution in [1.29, 1.82) is 0 Å². The second-order valence-electron chi connectivity index (χ2n) is 7.02. The predicted octanol–water partition coefficient (Wildman–Crippen LogP) is 2.32. The van der Waals surface area contributed by atoms with Gasteiger partial charge in [-0.05, 0) is 37.0 Å². The first-order valence-corrected chi connectivity index (χ1v) is 10.8. The maximum Gasteiger partial charge on any atom is 0.278 e. The van der Waals surface area contributed by atoms with E-state index in [-0.39, 0.29) is 23.6 Å². The Bertz CT molecular complexity index is 974. The molecule has 0 bridgehead atoms. The SMILES string of the molecule is C=C/C(=N\N(C)CCS(C)(=O)=O)c1nc(C2(c3ccccc3C)CC2)no1. The number of aryl methyl sites for hydroxylation is 1. The van der Waals surface area contributed by atoms with Gasteiger partial charge in [0.2, 0.25) is 0 Å². The van der Waals surface area contributed by atoms with Gasteiger partial charge in [-0.25, -0.2) is 8.42 Å². The Morgan fingerprint density at radius 1 is 1.41 bits per heavy atom. The normalized spacial score (nSPS) is 16.2. The molecule has 0 aliphatic heterocycles. The first-order chi connectivity index (χ1) is 12.7. The number of allylic oxidation sites excluding steroid dienone is 1. The fourth-order valence-corrected chi connectivity index (χ4v) is 3.67. The van der Waals surface area contributed by atoms with Gasteiger partial charge in [-0.15, -0.1) is 0 Å². The number of sulfone groups is 1. The van der Waals surface area contributed by atoms with E-state index in [1.165, 1.54) is 28.5 Å². The molecular weight excluding hydrogens is 364 g/mol. The molecule has 144 valence electrons. The summed E-state index contributed by atoms with van der Waals surface area (Å²) < 4.78 is 28.1. The monoisotopic (exact) mass is 388 g/mol. The Morgan fingerprint density at radius 3 is 2.70 bits per heavy atom. The predicted molar refractivity (Wildman–Crippen MR) is 105 cm³/mol. The van der Waals surface area contributed by atoms with Gasteiger partial charge in [-0.3, -0.25) is 5.01 Å². The maximum atomic E-state index is 11.3. The van der Waals surface area contributed by atoms with E-state index in [2.05, 4.69) is 40.9 Å². The van der Waals surface area contributed by atoms with E-state index in [0.29, 0.717) is 11.5 Å². The molecule has 0 saturated heterocycles. The third kappa shape index (κ3) is 4.27. The van der Waals surface area contributed by atoms with Gasteiger partial charge in [0.25, 0.3) is 5.89 Å². The molecule has 0 N–H and O–H groups in total. The van der Waals surface area contributed by atoms with Crippen molar-refractivity contribution in [2.24, 2.45) is 5.10 Å². The number of nitrogens with zero attached hydrogens (tertiary/aromatic N) is 4. The molecule has 0 atom stereocenters. The van der Waals surface area contributed by atoms with Crippen LogP contribution in [0.5, 0.6) is 0 Å². The first-order valence-electron chi connectivity index (χ1n) is 8.76. The molecule has 27 heavy (non-hydrogen) atoms. The number of aromatic nitrogens is 2. The third-order valence-corrected chi connectivity index (χ3v) is 5.67. The molecule has 1 aromatic heterocycles. The van der Waals surface area contributed by atoms with Crippen molar-refractivity contribution in [2.45, 2.75) is 25.2 Å². The Kier molecular flexibility index (Phi) is 5.19. The summed E-state index contributed by atoms with van der Waals surface area (Å²) in [5.74, 6) is 0.953. The van der Waals surface area contributed by atoms with Crippen LogP contribution in [0.25, 0.3) is 0 Å². The van der Waals surface area contributed by atoms with Crippen LogP contribution in [0.15, 0.2) is 46.5 Å². The Balaban J connectivity index is 1.83. The smallest absolute Gasteiger partial charge is 0.278 e.